The van der Waals surface area contributed by atoms with Gasteiger partial charge in [0.2, 0.25) is 5.91 Å². The van der Waals surface area contributed by atoms with E-state index in [0.29, 0.717) is 6.42 Å². The largest absolute Gasteiger partial charge is 0.369 e. The zero-order chi connectivity index (χ0) is 17.1. The van der Waals surface area contributed by atoms with Crippen LogP contribution in [-0.2, 0) is 11.2 Å². The average molecular weight is 344 g/mol. The van der Waals surface area contributed by atoms with Crippen molar-refractivity contribution >= 4 is 28.6 Å². The third kappa shape index (κ3) is 4.13. The molecule has 1 N–H and O–H groups in total. The van der Waals surface area contributed by atoms with Crippen LogP contribution in [0.1, 0.15) is 15.6 Å². The second kappa shape index (κ2) is 7.32. The maximum absolute atomic E-state index is 12.2. The summed E-state index contributed by atoms with van der Waals surface area (Å²) in [4.78, 5) is 22.4. The Balaban J connectivity index is 1.57. The van der Waals surface area contributed by atoms with Crippen molar-refractivity contribution in [2.24, 2.45) is 0 Å². The summed E-state index contributed by atoms with van der Waals surface area (Å²) in [5.41, 5.74) is 3.02. The first-order valence-corrected chi connectivity index (χ1v) is 9.09. The van der Waals surface area contributed by atoms with Crippen LogP contribution in [0.2, 0.25) is 0 Å². The highest BCUT2D eigenvalue weighted by Gasteiger charge is 2.14. The van der Waals surface area contributed by atoms with Crippen molar-refractivity contribution in [1.82, 2.24) is 9.88 Å². The number of carbonyl (C=O) groups excluding carboxylic acids is 1. The molecule has 0 unspecified atom stereocenters. The fourth-order valence-corrected chi connectivity index (χ4v) is 3.84. The van der Waals surface area contributed by atoms with Crippen molar-refractivity contribution in [3.8, 4) is 0 Å². The number of anilines is 2. The molecule has 24 heavy (non-hydrogen) atoms. The molecular formula is C18H24N4OS. The number of amides is 1. The maximum atomic E-state index is 12.2. The molecule has 1 aliphatic rings. The molecule has 0 radical (unpaired) electrons. The first-order chi connectivity index (χ1) is 11.5. The number of hydrogen-bond donors (Lipinski definition) is 1. The first-order valence-electron chi connectivity index (χ1n) is 8.27. The van der Waals surface area contributed by atoms with Crippen molar-refractivity contribution in [3.05, 3.63) is 39.8 Å². The molecule has 2 heterocycles. The number of piperazine rings is 1. The van der Waals surface area contributed by atoms with E-state index in [1.54, 1.807) is 11.3 Å². The number of likely N-dealkylation sites (N-methyl/N-ethyl adjacent to an activating group) is 1. The van der Waals surface area contributed by atoms with Gasteiger partial charge in [-0.2, -0.15) is 0 Å². The smallest absolute Gasteiger partial charge is 0.229 e. The lowest BCUT2D eigenvalue weighted by Crippen LogP contribution is -2.44. The standard InChI is InChI=1S/C18H24N4OS/c1-13-17(24-14(2)19-13)12-18(23)20-15-4-6-16(7-5-15)22-10-8-21(3)9-11-22/h4-7H,8-12H2,1-3H3,(H,20,23). The number of nitrogens with one attached hydrogen (secondary N) is 1. The third-order valence-corrected chi connectivity index (χ3v) is 5.41. The Labute approximate surface area is 147 Å². The minimum absolute atomic E-state index is 0.00842. The van der Waals surface area contributed by atoms with Gasteiger partial charge in [0.1, 0.15) is 0 Å². The van der Waals surface area contributed by atoms with Gasteiger partial charge in [-0.05, 0) is 45.2 Å². The molecule has 0 bridgehead atoms. The fourth-order valence-electron chi connectivity index (χ4n) is 2.91. The molecule has 6 heteroatoms. The normalized spacial score (nSPS) is 15.5. The van der Waals surface area contributed by atoms with Gasteiger partial charge in [0.05, 0.1) is 17.1 Å². The van der Waals surface area contributed by atoms with Gasteiger partial charge in [-0.1, -0.05) is 0 Å². The lowest BCUT2D eigenvalue weighted by atomic mass is 10.2. The number of aryl methyl sites for hydroxylation is 2. The summed E-state index contributed by atoms with van der Waals surface area (Å²) in [5, 5.41) is 3.98. The van der Waals surface area contributed by atoms with E-state index in [1.165, 1.54) is 5.69 Å². The summed E-state index contributed by atoms with van der Waals surface area (Å²) in [6, 6.07) is 8.14. The lowest BCUT2D eigenvalue weighted by Gasteiger charge is -2.34. The molecular weight excluding hydrogens is 320 g/mol. The highest BCUT2D eigenvalue weighted by Crippen LogP contribution is 2.21. The maximum Gasteiger partial charge on any atom is 0.229 e. The summed E-state index contributed by atoms with van der Waals surface area (Å²) >= 11 is 1.59. The lowest BCUT2D eigenvalue weighted by molar-refractivity contribution is -0.115. The molecule has 3 rings (SSSR count). The molecule has 0 spiro atoms. The molecule has 1 aromatic heterocycles. The van der Waals surface area contributed by atoms with E-state index in [9.17, 15) is 4.79 Å². The number of benzene rings is 1. The van der Waals surface area contributed by atoms with Gasteiger partial charge in [-0.3, -0.25) is 4.79 Å². The molecule has 0 saturated carbocycles. The number of carbonyl (C=O) groups is 1. The van der Waals surface area contributed by atoms with Crippen molar-refractivity contribution in [2.45, 2.75) is 20.3 Å². The van der Waals surface area contributed by atoms with Crippen LogP contribution in [0.15, 0.2) is 24.3 Å². The van der Waals surface area contributed by atoms with E-state index in [2.05, 4.69) is 39.3 Å². The topological polar surface area (TPSA) is 48.5 Å². The fraction of sp³-hybridized carbons (Fsp3) is 0.444. The van der Waals surface area contributed by atoms with Gasteiger partial charge in [0, 0.05) is 42.4 Å². The Morgan fingerprint density at radius 2 is 1.83 bits per heavy atom. The average Bonchev–Trinajstić information content (AvgIpc) is 2.86. The predicted octanol–water partition coefficient (Wildman–Crippen LogP) is 2.69. The van der Waals surface area contributed by atoms with Crippen LogP contribution in [-0.4, -0.2) is 49.0 Å². The second-order valence-corrected chi connectivity index (χ2v) is 7.59. The van der Waals surface area contributed by atoms with Crippen LogP contribution in [0.5, 0.6) is 0 Å². The SMILES string of the molecule is Cc1nc(C)c(CC(=O)Nc2ccc(N3CCN(C)CC3)cc2)s1. The van der Waals surface area contributed by atoms with Gasteiger partial charge >= 0.3 is 0 Å². The minimum atomic E-state index is 0.00842. The highest BCUT2D eigenvalue weighted by molar-refractivity contribution is 7.11. The molecule has 1 amide bonds. The molecule has 128 valence electrons. The molecule has 5 nitrogen and oxygen atoms in total. The monoisotopic (exact) mass is 344 g/mol. The van der Waals surface area contributed by atoms with Crippen molar-refractivity contribution in [3.63, 3.8) is 0 Å². The summed E-state index contributed by atoms with van der Waals surface area (Å²) in [5.74, 6) is 0.00842. The zero-order valence-corrected chi connectivity index (χ0v) is 15.3. The number of rotatable bonds is 4. The second-order valence-electron chi connectivity index (χ2n) is 6.30. The number of thiazole rings is 1. The van der Waals surface area contributed by atoms with Gasteiger partial charge < -0.3 is 15.1 Å². The van der Waals surface area contributed by atoms with E-state index >= 15 is 0 Å². The molecule has 2 aromatic rings. The van der Waals surface area contributed by atoms with E-state index in [-0.39, 0.29) is 5.91 Å². The molecule has 1 saturated heterocycles. The number of nitrogens with zero attached hydrogens (tertiary/aromatic N) is 3. The minimum Gasteiger partial charge on any atom is -0.369 e. The van der Waals surface area contributed by atoms with Crippen molar-refractivity contribution in [1.29, 1.82) is 0 Å². The van der Waals surface area contributed by atoms with Crippen LogP contribution < -0.4 is 10.2 Å². The summed E-state index contributed by atoms with van der Waals surface area (Å²) in [6.07, 6.45) is 0.386. The van der Waals surface area contributed by atoms with Gasteiger partial charge in [-0.25, -0.2) is 4.98 Å². The van der Waals surface area contributed by atoms with E-state index in [4.69, 9.17) is 0 Å². The molecule has 1 aromatic carbocycles. The van der Waals surface area contributed by atoms with Crippen molar-refractivity contribution in [2.75, 3.05) is 43.4 Å². The summed E-state index contributed by atoms with van der Waals surface area (Å²) < 4.78 is 0. The molecule has 1 aliphatic heterocycles. The van der Waals surface area contributed by atoms with E-state index in [0.717, 1.165) is 47.4 Å². The Bertz CT molecular complexity index is 702. The Hall–Kier alpha value is -1.92. The van der Waals surface area contributed by atoms with Gasteiger partial charge in [0.15, 0.2) is 0 Å². The zero-order valence-electron chi connectivity index (χ0n) is 14.5. The van der Waals surface area contributed by atoms with Crippen LogP contribution in [0.3, 0.4) is 0 Å². The molecule has 0 aliphatic carbocycles. The van der Waals surface area contributed by atoms with Crippen molar-refractivity contribution < 1.29 is 4.79 Å². The summed E-state index contributed by atoms with van der Waals surface area (Å²) in [7, 11) is 2.16. The van der Waals surface area contributed by atoms with E-state index in [1.807, 2.05) is 26.0 Å². The quantitative estimate of drug-likeness (QED) is 0.926. The summed E-state index contributed by atoms with van der Waals surface area (Å²) in [6.45, 7) is 8.20. The number of aromatic nitrogens is 1. The van der Waals surface area contributed by atoms with Crippen LogP contribution in [0, 0.1) is 13.8 Å². The van der Waals surface area contributed by atoms with Crippen LogP contribution in [0.4, 0.5) is 11.4 Å². The number of hydrogen-bond acceptors (Lipinski definition) is 5. The third-order valence-electron chi connectivity index (χ3n) is 4.34. The predicted molar refractivity (Wildman–Crippen MR) is 100 cm³/mol. The van der Waals surface area contributed by atoms with Crippen LogP contribution >= 0.6 is 11.3 Å². The Morgan fingerprint density at radius 1 is 1.17 bits per heavy atom. The van der Waals surface area contributed by atoms with Gasteiger partial charge in [0.25, 0.3) is 0 Å². The Morgan fingerprint density at radius 3 is 2.42 bits per heavy atom. The van der Waals surface area contributed by atoms with Crippen LogP contribution in [0.25, 0.3) is 0 Å². The highest BCUT2D eigenvalue weighted by atomic mass is 32.1. The Kier molecular flexibility index (Phi) is 5.16. The van der Waals surface area contributed by atoms with E-state index < -0.39 is 0 Å². The first kappa shape index (κ1) is 16.9. The molecule has 1 fully saturated rings. The van der Waals surface area contributed by atoms with Gasteiger partial charge in [-0.15, -0.1) is 11.3 Å². The molecule has 0 atom stereocenters.